The van der Waals surface area contributed by atoms with Crippen molar-refractivity contribution < 1.29 is 31.9 Å². The van der Waals surface area contributed by atoms with Gasteiger partial charge in [0, 0.05) is 24.5 Å². The van der Waals surface area contributed by atoms with Gasteiger partial charge in [0.05, 0.1) is 0 Å². The van der Waals surface area contributed by atoms with Gasteiger partial charge in [-0.15, -0.1) is 0 Å². The summed E-state index contributed by atoms with van der Waals surface area (Å²) >= 11 is 5.59. The second-order valence-electron chi connectivity index (χ2n) is 1.72. The molecular formula is C6H5Cl2N3Zn. The van der Waals surface area contributed by atoms with Crippen LogP contribution in [0.3, 0.4) is 0 Å². The molecule has 0 aliphatic carbocycles. The zero-order valence-corrected chi connectivity index (χ0v) is 10.6. The molecule has 0 saturated heterocycles. The molecule has 0 saturated carbocycles. The Bertz CT molecular complexity index is 256. The molecule has 0 spiro atoms. The van der Waals surface area contributed by atoms with Crippen LogP contribution < -0.4 is 17.8 Å². The first-order chi connectivity index (χ1) is 4.83. The summed E-state index contributed by atoms with van der Waals surface area (Å²) in [5, 5.41) is 11.5. The summed E-state index contributed by atoms with van der Waals surface area (Å²) < 4.78 is 0. The molecule has 0 heterocycles. The maximum atomic E-state index is 8.07. The van der Waals surface area contributed by atoms with E-state index in [0.717, 1.165) is 0 Å². The molecule has 1 rings (SSSR count). The number of benzene rings is 1. The normalized spacial score (nSPS) is 7.00. The second-order valence-corrected chi connectivity index (χ2v) is 2.16. The number of hydrogen-bond acceptors (Lipinski definition) is 2. The molecule has 60 valence electrons. The van der Waals surface area contributed by atoms with Gasteiger partial charge >= 0.3 is 5.08 Å². The molecule has 0 unspecified atom stereocenters. The van der Waals surface area contributed by atoms with Crippen LogP contribution in [0.25, 0.3) is 5.08 Å². The van der Waals surface area contributed by atoms with E-state index in [9.17, 15) is 0 Å². The molecule has 1 aromatic rings. The number of nitrogens with one attached hydrogen (secondary N) is 1. The van der Waals surface area contributed by atoms with Crippen molar-refractivity contribution in [3.8, 4) is 0 Å². The van der Waals surface area contributed by atoms with Gasteiger partial charge in [0.1, 0.15) is 5.69 Å². The zero-order valence-electron chi connectivity index (χ0n) is 6.17. The van der Waals surface area contributed by atoms with E-state index in [1.165, 1.54) is 0 Å². The molecule has 1 N–H and O–H groups in total. The van der Waals surface area contributed by atoms with E-state index < -0.39 is 0 Å². The predicted octanol–water partition coefficient (Wildman–Crippen LogP) is -0.479. The van der Waals surface area contributed by atoms with Gasteiger partial charge in [0.25, 0.3) is 5.39 Å². The molecule has 0 bridgehead atoms. The van der Waals surface area contributed by atoms with Gasteiger partial charge in [-0.05, 0) is 29.7 Å². The molecule has 0 aliphatic heterocycles. The van der Waals surface area contributed by atoms with Gasteiger partial charge in [-0.2, -0.15) is 0 Å². The largest absolute Gasteiger partial charge is 1.00 e. The summed E-state index contributed by atoms with van der Waals surface area (Å²) in [5.74, 6) is 0. The van der Waals surface area contributed by atoms with Gasteiger partial charge < -0.3 is 12.4 Å². The Kier molecular flexibility index (Phi) is 8.63. The van der Waals surface area contributed by atoms with E-state index in [1.807, 2.05) is 0 Å². The van der Waals surface area contributed by atoms with Crippen LogP contribution >= 0.6 is 11.6 Å². The number of anilines is 1. The summed E-state index contributed by atoms with van der Waals surface area (Å²) in [6.07, 6.45) is 0. The zero-order chi connectivity index (χ0) is 7.40. The van der Waals surface area contributed by atoms with Crippen molar-refractivity contribution in [3.63, 3.8) is 0 Å². The molecule has 0 fully saturated rings. The summed E-state index contributed by atoms with van der Waals surface area (Å²) in [4.78, 5) is 0. The van der Waals surface area contributed by atoms with Crippen LogP contribution in [0.2, 0.25) is 5.02 Å². The van der Waals surface area contributed by atoms with Crippen molar-refractivity contribution in [2.75, 3.05) is 5.43 Å². The van der Waals surface area contributed by atoms with Crippen LogP contribution in [0.5, 0.6) is 0 Å². The average Bonchev–Trinajstić information content (AvgIpc) is 1.95. The third-order valence-electron chi connectivity index (χ3n) is 1.02. The Morgan fingerprint density at radius 2 is 1.75 bits per heavy atom. The number of diazo groups is 1. The molecule has 0 aliphatic rings. The van der Waals surface area contributed by atoms with E-state index in [4.69, 9.17) is 17.0 Å². The number of halogens is 2. The number of rotatable bonds is 1. The Labute approximate surface area is 94.3 Å². The number of nitrogens with zero attached hydrogens (tertiary/aromatic N) is 2. The fourth-order valence-corrected chi connectivity index (χ4v) is 0.708. The first-order valence-corrected chi connectivity index (χ1v) is 3.06. The van der Waals surface area contributed by atoms with Crippen molar-refractivity contribution in [1.82, 2.24) is 0 Å². The molecule has 12 heavy (non-hydrogen) atoms. The molecule has 0 aromatic heterocycles. The van der Waals surface area contributed by atoms with Gasteiger partial charge in [-0.1, -0.05) is 11.6 Å². The Balaban J connectivity index is 0. The maximum Gasteiger partial charge on any atom is 0.308 e. The van der Waals surface area contributed by atoms with E-state index in [-0.39, 0.29) is 31.9 Å². The summed E-state index contributed by atoms with van der Waals surface area (Å²) in [7, 11) is 0. The number of hydrogen-bond donors (Lipinski definition) is 1. The topological polar surface area (TPSA) is 40.2 Å². The molecule has 0 amide bonds. The monoisotopic (exact) mass is 253 g/mol. The molecule has 6 heteroatoms. The van der Waals surface area contributed by atoms with Crippen LogP contribution in [0.15, 0.2) is 24.3 Å². The Hall–Kier alpha value is -0.357. The van der Waals surface area contributed by atoms with E-state index >= 15 is 0 Å². The SMILES string of the molecule is N#[N+]Nc1ccc(Cl)cc1.[Cl-].[Zn]. The standard InChI is InChI=1S/C6H5ClN3.ClH.Zn/c7-5-1-3-6(4-2-5)9-10-8;;/h1-4,9H;1H;/q+1;;/p-1. The van der Waals surface area contributed by atoms with Crippen LogP contribution in [0.1, 0.15) is 0 Å². The maximum absolute atomic E-state index is 8.07. The molecular weight excluding hydrogens is 250 g/mol. The fourth-order valence-electron chi connectivity index (χ4n) is 0.582. The third-order valence-corrected chi connectivity index (χ3v) is 1.28. The van der Waals surface area contributed by atoms with Crippen LogP contribution in [-0.4, -0.2) is 0 Å². The van der Waals surface area contributed by atoms with Crippen molar-refractivity contribution in [2.24, 2.45) is 0 Å². The quantitative estimate of drug-likeness (QED) is 0.418. The van der Waals surface area contributed by atoms with Crippen molar-refractivity contribution in [1.29, 1.82) is 5.39 Å². The van der Waals surface area contributed by atoms with E-state index in [0.29, 0.717) is 10.7 Å². The fraction of sp³-hybridized carbons (Fsp3) is 0. The Morgan fingerprint density at radius 3 is 2.17 bits per heavy atom. The first kappa shape index (κ1) is 14.2. The van der Waals surface area contributed by atoms with E-state index in [2.05, 4.69) is 10.5 Å². The van der Waals surface area contributed by atoms with Gasteiger partial charge in [-0.25, -0.2) is 0 Å². The minimum absolute atomic E-state index is 0. The minimum Gasteiger partial charge on any atom is -1.00 e. The van der Waals surface area contributed by atoms with Crippen molar-refractivity contribution in [3.05, 3.63) is 34.4 Å². The second kappa shape index (κ2) is 7.30. The van der Waals surface area contributed by atoms with Crippen LogP contribution in [0.4, 0.5) is 5.69 Å². The predicted molar refractivity (Wildman–Crippen MR) is 40.2 cm³/mol. The molecule has 3 nitrogen and oxygen atoms in total. The van der Waals surface area contributed by atoms with Gasteiger partial charge in [0.2, 0.25) is 0 Å². The third kappa shape index (κ3) is 4.51. The summed E-state index contributed by atoms with van der Waals surface area (Å²) in [6, 6.07) is 6.83. The molecule has 0 radical (unpaired) electrons. The molecule has 1 aromatic carbocycles. The van der Waals surface area contributed by atoms with Gasteiger partial charge in [-0.3, -0.25) is 0 Å². The van der Waals surface area contributed by atoms with Crippen molar-refractivity contribution >= 4 is 17.3 Å². The smallest absolute Gasteiger partial charge is 0.308 e. The van der Waals surface area contributed by atoms with E-state index in [1.54, 1.807) is 24.3 Å². The van der Waals surface area contributed by atoms with Crippen molar-refractivity contribution in [2.45, 2.75) is 0 Å². The first-order valence-electron chi connectivity index (χ1n) is 2.68. The summed E-state index contributed by atoms with van der Waals surface area (Å²) in [5.41, 5.74) is 3.06. The van der Waals surface area contributed by atoms with Crippen LogP contribution in [-0.2, 0) is 19.5 Å². The van der Waals surface area contributed by atoms with Crippen LogP contribution in [0, 0.1) is 5.39 Å². The molecule has 0 atom stereocenters. The minimum atomic E-state index is 0. The van der Waals surface area contributed by atoms with Gasteiger partial charge in [0.15, 0.2) is 0 Å². The summed E-state index contributed by atoms with van der Waals surface area (Å²) in [6.45, 7) is 0. The Morgan fingerprint density at radius 1 is 1.25 bits per heavy atom. The average molecular weight is 255 g/mol.